The van der Waals surface area contributed by atoms with Gasteiger partial charge in [0, 0.05) is 12.3 Å². The standard InChI is InChI=1S/C28H28N4O4/c29-26(34)25(24(19-12-6-2-7-13-19)20-14-8-3-9-15-20)32-23(33)17-22-28(36)30-21(27(35)31-22)16-18-10-4-1-5-11-18/h1-15,21-22,24-25H,16-17H2,(H2,29,34)(H,30,36)(H,31,35)(H,32,33)/t21-,22-,25-/m0/s1. The molecule has 0 aliphatic carbocycles. The van der Waals surface area contributed by atoms with E-state index in [0.717, 1.165) is 16.7 Å². The second-order valence-electron chi connectivity index (χ2n) is 8.76. The number of carbonyl (C=O) groups is 4. The zero-order valence-corrected chi connectivity index (χ0v) is 19.6. The summed E-state index contributed by atoms with van der Waals surface area (Å²) < 4.78 is 0. The highest BCUT2D eigenvalue weighted by molar-refractivity contribution is 5.99. The molecule has 3 aromatic carbocycles. The van der Waals surface area contributed by atoms with E-state index < -0.39 is 41.8 Å². The SMILES string of the molecule is NC(=O)[C@@H](NC(=O)C[C@@H]1NC(=O)[C@H](Cc2ccccc2)NC1=O)C(c1ccccc1)c1ccccc1. The first-order valence-corrected chi connectivity index (χ1v) is 11.8. The van der Waals surface area contributed by atoms with Crippen molar-refractivity contribution in [2.75, 3.05) is 0 Å². The molecule has 8 nitrogen and oxygen atoms in total. The van der Waals surface area contributed by atoms with E-state index in [9.17, 15) is 19.2 Å². The van der Waals surface area contributed by atoms with E-state index >= 15 is 0 Å². The average Bonchev–Trinajstić information content (AvgIpc) is 2.88. The first kappa shape index (κ1) is 24.7. The second kappa shape index (κ2) is 11.3. The number of piperazine rings is 1. The Bertz CT molecular complexity index is 1180. The lowest BCUT2D eigenvalue weighted by Gasteiger charge is -2.30. The molecule has 1 heterocycles. The summed E-state index contributed by atoms with van der Waals surface area (Å²) in [6.07, 6.45) is 0.0205. The van der Waals surface area contributed by atoms with Crippen LogP contribution in [0.3, 0.4) is 0 Å². The van der Waals surface area contributed by atoms with Crippen molar-refractivity contribution in [2.24, 2.45) is 5.73 Å². The fraction of sp³-hybridized carbons (Fsp3) is 0.214. The maximum absolute atomic E-state index is 13.0. The van der Waals surface area contributed by atoms with E-state index in [0.29, 0.717) is 6.42 Å². The number of primary amides is 1. The quantitative estimate of drug-likeness (QED) is 0.366. The van der Waals surface area contributed by atoms with Gasteiger partial charge in [0.2, 0.25) is 23.6 Å². The Morgan fingerprint density at radius 1 is 0.750 bits per heavy atom. The maximum Gasteiger partial charge on any atom is 0.243 e. The van der Waals surface area contributed by atoms with Crippen molar-refractivity contribution in [1.82, 2.24) is 16.0 Å². The summed E-state index contributed by atoms with van der Waals surface area (Å²) in [7, 11) is 0. The largest absolute Gasteiger partial charge is 0.368 e. The number of rotatable bonds is 9. The van der Waals surface area contributed by atoms with Gasteiger partial charge in [-0.1, -0.05) is 91.0 Å². The van der Waals surface area contributed by atoms with E-state index in [2.05, 4.69) is 16.0 Å². The Morgan fingerprint density at radius 3 is 1.75 bits per heavy atom. The predicted molar refractivity (Wildman–Crippen MR) is 134 cm³/mol. The van der Waals surface area contributed by atoms with Crippen molar-refractivity contribution >= 4 is 23.6 Å². The Hall–Kier alpha value is -4.46. The molecule has 0 aromatic heterocycles. The third-order valence-corrected chi connectivity index (χ3v) is 6.21. The smallest absolute Gasteiger partial charge is 0.243 e. The molecule has 0 unspecified atom stereocenters. The van der Waals surface area contributed by atoms with Gasteiger partial charge in [0.15, 0.2) is 0 Å². The van der Waals surface area contributed by atoms with Crippen molar-refractivity contribution in [3.8, 4) is 0 Å². The summed E-state index contributed by atoms with van der Waals surface area (Å²) in [5, 5.41) is 8.03. The lowest BCUT2D eigenvalue weighted by atomic mass is 9.84. The summed E-state index contributed by atoms with van der Waals surface area (Å²) in [6.45, 7) is 0. The highest BCUT2D eigenvalue weighted by atomic mass is 16.2. The first-order chi connectivity index (χ1) is 17.4. The summed E-state index contributed by atoms with van der Waals surface area (Å²) in [5.74, 6) is -2.63. The van der Waals surface area contributed by atoms with E-state index in [4.69, 9.17) is 5.73 Å². The van der Waals surface area contributed by atoms with Gasteiger partial charge in [-0.05, 0) is 16.7 Å². The van der Waals surface area contributed by atoms with E-state index in [1.54, 1.807) is 0 Å². The number of benzene rings is 3. The number of amides is 4. The summed E-state index contributed by atoms with van der Waals surface area (Å²) in [5.41, 5.74) is 8.25. The Kier molecular flexibility index (Phi) is 7.75. The third kappa shape index (κ3) is 5.96. The number of hydrogen-bond donors (Lipinski definition) is 4. The topological polar surface area (TPSA) is 130 Å². The van der Waals surface area contributed by atoms with Crippen molar-refractivity contribution in [3.05, 3.63) is 108 Å². The van der Waals surface area contributed by atoms with Crippen molar-refractivity contribution in [3.63, 3.8) is 0 Å². The number of carbonyl (C=O) groups excluding carboxylic acids is 4. The lowest BCUT2D eigenvalue weighted by molar-refractivity contribution is -0.138. The van der Waals surface area contributed by atoms with Crippen LogP contribution in [-0.2, 0) is 25.6 Å². The van der Waals surface area contributed by atoms with Gasteiger partial charge >= 0.3 is 0 Å². The highest BCUT2D eigenvalue weighted by Gasteiger charge is 2.36. The van der Waals surface area contributed by atoms with Gasteiger partial charge in [0.25, 0.3) is 0 Å². The van der Waals surface area contributed by atoms with Crippen LogP contribution in [0.25, 0.3) is 0 Å². The average molecular weight is 485 g/mol. The van der Waals surface area contributed by atoms with Crippen LogP contribution in [0.4, 0.5) is 0 Å². The molecule has 5 N–H and O–H groups in total. The Labute approximate surface area is 209 Å². The molecule has 1 aliphatic rings. The molecule has 0 spiro atoms. The van der Waals surface area contributed by atoms with Gasteiger partial charge in [-0.3, -0.25) is 19.2 Å². The molecule has 4 amide bonds. The molecule has 1 saturated heterocycles. The summed E-state index contributed by atoms with van der Waals surface area (Å²) in [4.78, 5) is 50.8. The fourth-order valence-electron chi connectivity index (χ4n) is 4.45. The lowest BCUT2D eigenvalue weighted by Crippen LogP contribution is -2.63. The molecule has 3 atom stereocenters. The summed E-state index contributed by atoms with van der Waals surface area (Å²) >= 11 is 0. The normalized spacial score (nSPS) is 18.1. The minimum absolute atomic E-state index is 0.324. The number of hydrogen-bond acceptors (Lipinski definition) is 4. The minimum Gasteiger partial charge on any atom is -0.368 e. The Morgan fingerprint density at radius 2 is 1.22 bits per heavy atom. The molecule has 3 aromatic rings. The molecule has 1 fully saturated rings. The Balaban J connectivity index is 1.45. The second-order valence-corrected chi connectivity index (χ2v) is 8.76. The van der Waals surface area contributed by atoms with Crippen molar-refractivity contribution in [2.45, 2.75) is 36.9 Å². The molecule has 0 radical (unpaired) electrons. The van der Waals surface area contributed by atoms with Gasteiger partial charge < -0.3 is 21.7 Å². The van der Waals surface area contributed by atoms with Crippen LogP contribution in [0.2, 0.25) is 0 Å². The van der Waals surface area contributed by atoms with Crippen LogP contribution in [-0.4, -0.2) is 41.8 Å². The number of nitrogens with one attached hydrogen (secondary N) is 3. The predicted octanol–water partition coefficient (Wildman–Crippen LogP) is 1.40. The van der Waals surface area contributed by atoms with Gasteiger partial charge in [-0.25, -0.2) is 0 Å². The van der Waals surface area contributed by atoms with Crippen molar-refractivity contribution in [1.29, 1.82) is 0 Å². The van der Waals surface area contributed by atoms with Crippen molar-refractivity contribution < 1.29 is 19.2 Å². The van der Waals surface area contributed by atoms with Gasteiger partial charge in [0.05, 0.1) is 6.42 Å². The van der Waals surface area contributed by atoms with Crippen LogP contribution in [0.1, 0.15) is 29.0 Å². The first-order valence-electron chi connectivity index (χ1n) is 11.8. The van der Waals surface area contributed by atoms with Gasteiger partial charge in [0.1, 0.15) is 18.1 Å². The van der Waals surface area contributed by atoms with Crippen LogP contribution in [0, 0.1) is 0 Å². The zero-order chi connectivity index (χ0) is 25.5. The molecule has 0 saturated carbocycles. The molecule has 0 bridgehead atoms. The van der Waals surface area contributed by atoms with Crippen LogP contribution < -0.4 is 21.7 Å². The molecular weight excluding hydrogens is 456 g/mol. The van der Waals surface area contributed by atoms with Gasteiger partial charge in [-0.2, -0.15) is 0 Å². The van der Waals surface area contributed by atoms with Gasteiger partial charge in [-0.15, -0.1) is 0 Å². The van der Waals surface area contributed by atoms with Crippen LogP contribution in [0.5, 0.6) is 0 Å². The minimum atomic E-state index is -1.06. The molecule has 36 heavy (non-hydrogen) atoms. The highest BCUT2D eigenvalue weighted by Crippen LogP contribution is 2.28. The fourth-order valence-corrected chi connectivity index (χ4v) is 4.45. The van der Waals surface area contributed by atoms with E-state index in [-0.39, 0.29) is 12.3 Å². The van der Waals surface area contributed by atoms with Crippen LogP contribution >= 0.6 is 0 Å². The van der Waals surface area contributed by atoms with E-state index in [1.165, 1.54) is 0 Å². The maximum atomic E-state index is 13.0. The zero-order valence-electron chi connectivity index (χ0n) is 19.6. The molecule has 1 aliphatic heterocycles. The monoisotopic (exact) mass is 484 g/mol. The van der Waals surface area contributed by atoms with Crippen LogP contribution in [0.15, 0.2) is 91.0 Å². The van der Waals surface area contributed by atoms with E-state index in [1.807, 2.05) is 91.0 Å². The third-order valence-electron chi connectivity index (χ3n) is 6.21. The molecule has 184 valence electrons. The number of nitrogens with two attached hydrogens (primary N) is 1. The summed E-state index contributed by atoms with van der Waals surface area (Å²) in [6, 6.07) is 25.1. The molecule has 8 heteroatoms. The molecule has 4 rings (SSSR count). The molecular formula is C28H28N4O4.